The number of nitro benzene ring substituents is 2. The first kappa shape index (κ1) is 13.4. The van der Waals surface area contributed by atoms with Crippen LogP contribution in [0.1, 0.15) is 5.69 Å². The summed E-state index contributed by atoms with van der Waals surface area (Å²) in [6.07, 6.45) is 0. The number of hydrogen-bond donors (Lipinski definition) is 0. The minimum atomic E-state index is -0.859. The first-order valence-electron chi connectivity index (χ1n) is 5.32. The zero-order chi connectivity index (χ0) is 15.2. The summed E-state index contributed by atoms with van der Waals surface area (Å²) in [6, 6.07) is 1.82. The Morgan fingerprint density at radius 1 is 1.00 bits per heavy atom. The van der Waals surface area contributed by atoms with Gasteiger partial charge in [-0.3, -0.25) is 30.3 Å². The van der Waals surface area contributed by atoms with Crippen molar-refractivity contribution in [2.24, 2.45) is 7.05 Å². The van der Waals surface area contributed by atoms with Crippen LogP contribution in [0.25, 0.3) is 10.9 Å². The Bertz CT molecular complexity index is 778. The minimum Gasteiger partial charge on any atom is -0.342 e. The second-order valence-corrected chi connectivity index (χ2v) is 4.12. The Hall–Kier alpha value is -3.04. The molecule has 0 spiro atoms. The van der Waals surface area contributed by atoms with E-state index in [1.807, 2.05) is 0 Å². The van der Waals surface area contributed by atoms with E-state index < -0.39 is 31.8 Å². The Kier molecular flexibility index (Phi) is 2.85. The third-order valence-electron chi connectivity index (χ3n) is 3.12. The molecule has 2 rings (SSSR count). The molecule has 1 heterocycles. The van der Waals surface area contributed by atoms with E-state index in [1.54, 1.807) is 0 Å². The van der Waals surface area contributed by atoms with Crippen molar-refractivity contribution in [3.8, 4) is 0 Å². The highest BCUT2D eigenvalue weighted by Gasteiger charge is 2.31. The lowest BCUT2D eigenvalue weighted by Gasteiger charge is -1.98. The molecule has 0 fully saturated rings. The second-order valence-electron chi connectivity index (χ2n) is 4.12. The molecule has 0 N–H and O–H groups in total. The third-order valence-corrected chi connectivity index (χ3v) is 3.12. The van der Waals surface area contributed by atoms with E-state index in [4.69, 9.17) is 0 Å². The first-order chi connectivity index (χ1) is 9.25. The van der Waals surface area contributed by atoms with E-state index in [1.165, 1.54) is 18.5 Å². The Labute approximate surface area is 110 Å². The smallest absolute Gasteiger partial charge is 0.304 e. The molecule has 104 valence electrons. The van der Waals surface area contributed by atoms with Gasteiger partial charge in [0.05, 0.1) is 32.0 Å². The van der Waals surface area contributed by atoms with Crippen molar-refractivity contribution in [3.63, 3.8) is 0 Å². The average Bonchev–Trinajstić information content (AvgIpc) is 2.61. The van der Waals surface area contributed by atoms with Crippen molar-refractivity contribution >= 4 is 28.0 Å². The maximum absolute atomic E-state index is 11.1. The number of non-ortho nitro benzene ring substituents is 2. The summed E-state index contributed by atoms with van der Waals surface area (Å²) in [5.74, 6) is 0. The molecule has 20 heavy (non-hydrogen) atoms. The van der Waals surface area contributed by atoms with Gasteiger partial charge in [-0.2, -0.15) is 0 Å². The van der Waals surface area contributed by atoms with Crippen molar-refractivity contribution in [1.82, 2.24) is 4.57 Å². The summed E-state index contributed by atoms with van der Waals surface area (Å²) in [5.41, 5.74) is -1.28. The molecule has 0 unspecified atom stereocenters. The van der Waals surface area contributed by atoms with Crippen LogP contribution in [-0.4, -0.2) is 19.3 Å². The molecule has 0 aliphatic rings. The van der Waals surface area contributed by atoms with E-state index >= 15 is 0 Å². The van der Waals surface area contributed by atoms with Crippen LogP contribution in [0.2, 0.25) is 0 Å². The number of nitrogens with zero attached hydrogens (tertiary/aromatic N) is 4. The number of benzene rings is 1. The first-order valence-corrected chi connectivity index (χ1v) is 5.32. The summed E-state index contributed by atoms with van der Waals surface area (Å²) in [4.78, 5) is 30.5. The summed E-state index contributed by atoms with van der Waals surface area (Å²) < 4.78 is 1.33. The zero-order valence-electron chi connectivity index (χ0n) is 10.4. The normalized spacial score (nSPS) is 10.7. The van der Waals surface area contributed by atoms with Gasteiger partial charge in [-0.1, -0.05) is 0 Å². The van der Waals surface area contributed by atoms with Gasteiger partial charge in [-0.05, 0) is 6.92 Å². The average molecular weight is 280 g/mol. The predicted octanol–water partition coefficient (Wildman–Crippen LogP) is 2.21. The number of aromatic nitrogens is 1. The quantitative estimate of drug-likeness (QED) is 0.624. The van der Waals surface area contributed by atoms with Crippen LogP contribution < -0.4 is 0 Å². The maximum atomic E-state index is 11.1. The van der Waals surface area contributed by atoms with E-state index in [9.17, 15) is 30.3 Å². The topological polar surface area (TPSA) is 134 Å². The van der Waals surface area contributed by atoms with Crippen LogP contribution in [0, 0.1) is 37.3 Å². The Morgan fingerprint density at radius 2 is 1.60 bits per heavy atom. The van der Waals surface area contributed by atoms with Gasteiger partial charge in [-0.15, -0.1) is 0 Å². The van der Waals surface area contributed by atoms with Crippen LogP contribution in [0.15, 0.2) is 12.1 Å². The minimum absolute atomic E-state index is 0.0788. The summed E-state index contributed by atoms with van der Waals surface area (Å²) in [6.45, 7) is 1.42. The van der Waals surface area contributed by atoms with Gasteiger partial charge in [0.2, 0.25) is 0 Å². The lowest BCUT2D eigenvalue weighted by molar-refractivity contribution is -0.395. The molecule has 0 radical (unpaired) electrons. The molecule has 1 aromatic carbocycles. The lowest BCUT2D eigenvalue weighted by Crippen LogP contribution is -1.95. The zero-order valence-corrected chi connectivity index (χ0v) is 10.4. The molecule has 0 saturated heterocycles. The number of fused-ring (bicyclic) bond motifs is 1. The van der Waals surface area contributed by atoms with Gasteiger partial charge in [0.25, 0.3) is 11.4 Å². The van der Waals surface area contributed by atoms with Gasteiger partial charge in [0, 0.05) is 13.1 Å². The highest BCUT2D eigenvalue weighted by Crippen LogP contribution is 2.40. The number of aryl methyl sites for hydroxylation is 1. The Balaban J connectivity index is 3.06. The SMILES string of the molecule is Cc1c([N+](=O)[O-])c2c([N+](=O)[O-])cc([N+](=O)[O-])cc2n1C. The van der Waals surface area contributed by atoms with Crippen LogP contribution in [0.3, 0.4) is 0 Å². The molecule has 0 aliphatic carbocycles. The van der Waals surface area contributed by atoms with E-state index in [0.717, 1.165) is 12.1 Å². The molecule has 10 heteroatoms. The standard InChI is InChI=1S/C10H8N4O6/c1-5-10(14(19)20)9-7(11(5)2)3-6(12(15)16)4-8(9)13(17)18/h3-4H,1-2H3. The molecule has 2 aromatic rings. The molecule has 0 atom stereocenters. The van der Waals surface area contributed by atoms with Crippen LogP contribution >= 0.6 is 0 Å². The van der Waals surface area contributed by atoms with E-state index in [-0.39, 0.29) is 16.6 Å². The molecule has 10 nitrogen and oxygen atoms in total. The molecular formula is C10H8N4O6. The highest BCUT2D eigenvalue weighted by atomic mass is 16.6. The van der Waals surface area contributed by atoms with Crippen molar-refractivity contribution < 1.29 is 14.8 Å². The number of rotatable bonds is 3. The van der Waals surface area contributed by atoms with Gasteiger partial charge < -0.3 is 4.57 Å². The molecule has 0 aliphatic heterocycles. The van der Waals surface area contributed by atoms with Crippen LogP contribution in [0.4, 0.5) is 17.1 Å². The monoisotopic (exact) mass is 280 g/mol. The molecule has 0 amide bonds. The largest absolute Gasteiger partial charge is 0.342 e. The number of hydrogen-bond acceptors (Lipinski definition) is 6. The van der Waals surface area contributed by atoms with Crippen molar-refractivity contribution in [2.75, 3.05) is 0 Å². The maximum Gasteiger partial charge on any atom is 0.304 e. The van der Waals surface area contributed by atoms with Gasteiger partial charge >= 0.3 is 5.69 Å². The van der Waals surface area contributed by atoms with Gasteiger partial charge in [0.1, 0.15) is 0 Å². The summed E-state index contributed by atoms with van der Waals surface area (Å²) in [7, 11) is 1.46. The summed E-state index contributed by atoms with van der Waals surface area (Å²) in [5, 5.41) is 32.7. The van der Waals surface area contributed by atoms with E-state index in [2.05, 4.69) is 0 Å². The van der Waals surface area contributed by atoms with Crippen molar-refractivity contribution in [3.05, 3.63) is 48.2 Å². The molecule has 0 bridgehead atoms. The van der Waals surface area contributed by atoms with Gasteiger partial charge in [0.15, 0.2) is 5.39 Å². The van der Waals surface area contributed by atoms with Crippen LogP contribution in [-0.2, 0) is 7.05 Å². The fourth-order valence-electron chi connectivity index (χ4n) is 2.10. The van der Waals surface area contributed by atoms with Crippen LogP contribution in [0.5, 0.6) is 0 Å². The highest BCUT2D eigenvalue weighted by molar-refractivity contribution is 6.00. The fraction of sp³-hybridized carbons (Fsp3) is 0.200. The second kappa shape index (κ2) is 4.26. The Morgan fingerprint density at radius 3 is 2.05 bits per heavy atom. The van der Waals surface area contributed by atoms with Crippen molar-refractivity contribution in [2.45, 2.75) is 6.92 Å². The molecule has 0 saturated carbocycles. The number of nitro groups is 3. The van der Waals surface area contributed by atoms with Crippen molar-refractivity contribution in [1.29, 1.82) is 0 Å². The van der Waals surface area contributed by atoms with E-state index in [0.29, 0.717) is 0 Å². The van der Waals surface area contributed by atoms with Gasteiger partial charge in [-0.25, -0.2) is 0 Å². The third kappa shape index (κ3) is 1.74. The lowest BCUT2D eigenvalue weighted by atomic mass is 10.1. The summed E-state index contributed by atoms with van der Waals surface area (Å²) >= 11 is 0. The fourth-order valence-corrected chi connectivity index (χ4v) is 2.10. The molecule has 1 aromatic heterocycles. The predicted molar refractivity (Wildman–Crippen MR) is 67.6 cm³/mol. The molecular weight excluding hydrogens is 272 g/mol.